The number of rotatable bonds is 8. The lowest BCUT2D eigenvalue weighted by molar-refractivity contribution is -0.168. The first-order valence-electron chi connectivity index (χ1n) is 9.84. The Bertz CT molecular complexity index is 917. The third kappa shape index (κ3) is 5.35. The number of esters is 1. The van der Waals surface area contributed by atoms with Gasteiger partial charge in [0.05, 0.1) is 33.1 Å². The average molecular weight is 425 g/mol. The van der Waals surface area contributed by atoms with Gasteiger partial charge in [-0.3, -0.25) is 5.43 Å². The van der Waals surface area contributed by atoms with E-state index in [1.165, 1.54) is 21.3 Å². The minimum atomic E-state index is -0.953. The second-order valence-corrected chi connectivity index (χ2v) is 6.81. The van der Waals surface area contributed by atoms with E-state index in [0.29, 0.717) is 11.8 Å². The van der Waals surface area contributed by atoms with Crippen LogP contribution in [0.4, 0.5) is 5.69 Å². The van der Waals surface area contributed by atoms with E-state index in [2.05, 4.69) is 10.4 Å². The molecule has 2 aromatic carbocycles. The van der Waals surface area contributed by atoms with Crippen LogP contribution < -0.4 is 5.43 Å². The molecule has 2 aromatic rings. The van der Waals surface area contributed by atoms with Crippen LogP contribution in [0.3, 0.4) is 0 Å². The quantitative estimate of drug-likeness (QED) is 0.648. The van der Waals surface area contributed by atoms with Gasteiger partial charge in [0.1, 0.15) is 0 Å². The second-order valence-electron chi connectivity index (χ2n) is 6.81. The van der Waals surface area contributed by atoms with Gasteiger partial charge in [0.15, 0.2) is 6.10 Å². The molecule has 0 radical (unpaired) electrons. The van der Waals surface area contributed by atoms with Crippen molar-refractivity contribution in [2.24, 2.45) is 4.99 Å². The number of aliphatic imine (C=N–C) groups is 1. The number of ether oxygens (including phenoxy) is 4. The van der Waals surface area contributed by atoms with Crippen LogP contribution in [-0.2, 0) is 23.7 Å². The average Bonchev–Trinajstić information content (AvgIpc) is 2.83. The molecule has 0 spiro atoms. The molecule has 0 saturated heterocycles. The summed E-state index contributed by atoms with van der Waals surface area (Å²) in [7, 11) is 4.37. The van der Waals surface area contributed by atoms with E-state index in [-0.39, 0.29) is 5.92 Å². The molecule has 1 N–H and O–H groups in total. The lowest BCUT2D eigenvalue weighted by Crippen LogP contribution is -2.47. The Hall–Kier alpha value is -3.52. The summed E-state index contributed by atoms with van der Waals surface area (Å²) in [5.74, 6) is -0.0651. The van der Waals surface area contributed by atoms with Gasteiger partial charge in [-0.05, 0) is 17.7 Å². The van der Waals surface area contributed by atoms with Crippen molar-refractivity contribution in [3.63, 3.8) is 0 Å². The van der Waals surface area contributed by atoms with E-state index in [0.717, 1.165) is 11.3 Å². The Labute approximate surface area is 182 Å². The number of carbonyl (C=O) groups is 1. The Morgan fingerprint density at radius 3 is 2.23 bits per heavy atom. The van der Waals surface area contributed by atoms with Crippen molar-refractivity contribution in [2.75, 3.05) is 26.8 Å². The van der Waals surface area contributed by atoms with Gasteiger partial charge in [-0.25, -0.2) is 9.80 Å². The maximum atomic E-state index is 12.7. The molecule has 8 nitrogen and oxygen atoms in total. The van der Waals surface area contributed by atoms with Crippen LogP contribution in [0.2, 0.25) is 0 Å². The standard InChI is InChI=1S/C23H27N3O5/c1-16(17-11-7-5-8-12-17)21(22(27)30-4)31-23-24-19(28-2)15-20(29-3)26(23)25-18-13-9-6-10-14-18/h5-16,21,23,25H,1-4H3. The maximum Gasteiger partial charge on any atom is 0.335 e. The van der Waals surface area contributed by atoms with E-state index in [1.54, 1.807) is 11.1 Å². The van der Waals surface area contributed by atoms with Gasteiger partial charge in [0, 0.05) is 5.92 Å². The molecule has 31 heavy (non-hydrogen) atoms. The van der Waals surface area contributed by atoms with Crippen molar-refractivity contribution in [1.29, 1.82) is 0 Å². The van der Waals surface area contributed by atoms with Gasteiger partial charge in [0.2, 0.25) is 11.8 Å². The molecule has 0 aromatic heterocycles. The van der Waals surface area contributed by atoms with Gasteiger partial charge in [-0.15, -0.1) is 0 Å². The van der Waals surface area contributed by atoms with E-state index < -0.39 is 18.4 Å². The summed E-state index contributed by atoms with van der Waals surface area (Å²) in [5.41, 5.74) is 4.95. The van der Waals surface area contributed by atoms with Crippen molar-refractivity contribution in [1.82, 2.24) is 5.01 Å². The molecule has 8 heteroatoms. The van der Waals surface area contributed by atoms with Crippen LogP contribution >= 0.6 is 0 Å². The maximum absolute atomic E-state index is 12.7. The fraction of sp³-hybridized carbons (Fsp3) is 0.304. The molecule has 0 amide bonds. The zero-order chi connectivity index (χ0) is 22.2. The smallest absolute Gasteiger partial charge is 0.335 e. The van der Waals surface area contributed by atoms with Crippen LogP contribution in [0.1, 0.15) is 18.4 Å². The van der Waals surface area contributed by atoms with E-state index in [9.17, 15) is 4.79 Å². The monoisotopic (exact) mass is 425 g/mol. The highest BCUT2D eigenvalue weighted by Gasteiger charge is 2.36. The zero-order valence-electron chi connectivity index (χ0n) is 18.0. The van der Waals surface area contributed by atoms with Gasteiger partial charge < -0.3 is 18.9 Å². The lowest BCUT2D eigenvalue weighted by Gasteiger charge is -2.36. The SMILES string of the molecule is COC(=O)C(OC1N=C(OC)C=C(OC)N1Nc1ccccc1)C(C)c1ccccc1. The Morgan fingerprint density at radius 2 is 1.65 bits per heavy atom. The normalized spacial score (nSPS) is 17.7. The third-order valence-corrected chi connectivity index (χ3v) is 4.87. The second kappa shape index (κ2) is 10.5. The first-order valence-corrected chi connectivity index (χ1v) is 9.84. The molecule has 1 heterocycles. The molecule has 1 aliphatic heterocycles. The third-order valence-electron chi connectivity index (χ3n) is 4.87. The number of methoxy groups -OCH3 is 3. The van der Waals surface area contributed by atoms with Crippen molar-refractivity contribution in [3.05, 3.63) is 78.2 Å². The molecule has 3 atom stereocenters. The topological polar surface area (TPSA) is 81.6 Å². The summed E-state index contributed by atoms with van der Waals surface area (Å²) in [4.78, 5) is 17.1. The highest BCUT2D eigenvalue weighted by Crippen LogP contribution is 2.27. The van der Waals surface area contributed by atoms with Crippen molar-refractivity contribution in [2.45, 2.75) is 25.3 Å². The highest BCUT2D eigenvalue weighted by molar-refractivity contribution is 5.88. The number of benzene rings is 2. The molecule has 0 bridgehead atoms. The van der Waals surface area contributed by atoms with Crippen LogP contribution in [0.15, 0.2) is 77.6 Å². The Morgan fingerprint density at radius 1 is 1.00 bits per heavy atom. The molecule has 3 unspecified atom stereocenters. The summed E-state index contributed by atoms with van der Waals surface area (Å²) < 4.78 is 22.1. The first-order chi connectivity index (χ1) is 15.1. The number of nitrogens with zero attached hydrogens (tertiary/aromatic N) is 2. The minimum absolute atomic E-state index is 0.287. The Balaban J connectivity index is 1.92. The number of hydrogen-bond donors (Lipinski definition) is 1. The summed E-state index contributed by atoms with van der Waals surface area (Å²) >= 11 is 0. The summed E-state index contributed by atoms with van der Waals surface area (Å²) in [6.45, 7) is 1.91. The van der Waals surface area contributed by atoms with E-state index in [4.69, 9.17) is 18.9 Å². The van der Waals surface area contributed by atoms with Crippen LogP contribution in [0.25, 0.3) is 0 Å². The fourth-order valence-electron chi connectivity index (χ4n) is 3.17. The number of anilines is 1. The highest BCUT2D eigenvalue weighted by atomic mass is 16.6. The number of para-hydroxylation sites is 1. The van der Waals surface area contributed by atoms with Crippen LogP contribution in [-0.4, -0.2) is 50.7 Å². The molecular weight excluding hydrogens is 398 g/mol. The molecular formula is C23H27N3O5. The van der Waals surface area contributed by atoms with Gasteiger partial charge in [-0.2, -0.15) is 4.99 Å². The van der Waals surface area contributed by atoms with Gasteiger partial charge >= 0.3 is 5.97 Å². The fourth-order valence-corrected chi connectivity index (χ4v) is 3.17. The van der Waals surface area contributed by atoms with E-state index >= 15 is 0 Å². The van der Waals surface area contributed by atoms with Gasteiger partial charge in [-0.1, -0.05) is 55.5 Å². The number of hydrazine groups is 1. The molecule has 0 aliphatic carbocycles. The summed E-state index contributed by atoms with van der Waals surface area (Å²) in [6.07, 6.45) is -0.246. The molecule has 164 valence electrons. The number of nitrogens with one attached hydrogen (secondary N) is 1. The van der Waals surface area contributed by atoms with E-state index in [1.807, 2.05) is 67.6 Å². The van der Waals surface area contributed by atoms with Crippen LogP contribution in [0.5, 0.6) is 0 Å². The first kappa shape index (κ1) is 22.2. The zero-order valence-corrected chi connectivity index (χ0v) is 18.0. The summed E-state index contributed by atoms with van der Waals surface area (Å²) in [5, 5.41) is 1.59. The molecule has 0 saturated carbocycles. The largest absolute Gasteiger partial charge is 0.481 e. The van der Waals surface area contributed by atoms with Crippen molar-refractivity contribution in [3.8, 4) is 0 Å². The molecule has 1 aliphatic rings. The van der Waals surface area contributed by atoms with Crippen LogP contribution in [0, 0.1) is 0 Å². The predicted molar refractivity (Wildman–Crippen MR) is 117 cm³/mol. The molecule has 3 rings (SSSR count). The summed E-state index contributed by atoms with van der Waals surface area (Å²) in [6, 6.07) is 19.1. The predicted octanol–water partition coefficient (Wildman–Crippen LogP) is 3.51. The van der Waals surface area contributed by atoms with Gasteiger partial charge in [0.25, 0.3) is 6.35 Å². The minimum Gasteiger partial charge on any atom is -0.481 e. The lowest BCUT2D eigenvalue weighted by atomic mass is 9.95. The number of hydrogen-bond acceptors (Lipinski definition) is 8. The Kier molecular flexibility index (Phi) is 7.50. The molecule has 0 fully saturated rings. The van der Waals surface area contributed by atoms with Crippen molar-refractivity contribution >= 4 is 17.6 Å². The number of carbonyl (C=O) groups excluding carboxylic acids is 1. The van der Waals surface area contributed by atoms with Crippen molar-refractivity contribution < 1.29 is 23.7 Å².